The Morgan fingerprint density at radius 2 is 2.12 bits per heavy atom. The van der Waals surface area contributed by atoms with Gasteiger partial charge in [-0.1, -0.05) is 11.6 Å². The van der Waals surface area contributed by atoms with Crippen LogP contribution in [0.1, 0.15) is 0 Å². The highest BCUT2D eigenvalue weighted by atomic mass is 35.5. The molecule has 0 aliphatic rings. The summed E-state index contributed by atoms with van der Waals surface area (Å²) >= 11 is 5.89. The Morgan fingerprint density at radius 3 is 2.69 bits per heavy atom. The standard InChI is InChI=1S/C7H6ClN5O2S/c8-6-2-1-5(16(9,14)15)3-7(6)13-4-10-11-12-13/h1-4H,(H2,9,14,15). The summed E-state index contributed by atoms with van der Waals surface area (Å²) in [5.41, 5.74) is 0.346. The number of halogens is 1. The van der Waals surface area contributed by atoms with Crippen molar-refractivity contribution in [2.45, 2.75) is 4.90 Å². The van der Waals surface area contributed by atoms with Crippen molar-refractivity contribution in [1.29, 1.82) is 0 Å². The third-order valence-corrected chi connectivity index (χ3v) is 3.07. The summed E-state index contributed by atoms with van der Waals surface area (Å²) in [6.07, 6.45) is 1.30. The summed E-state index contributed by atoms with van der Waals surface area (Å²) in [6, 6.07) is 4.03. The number of sulfonamides is 1. The van der Waals surface area contributed by atoms with Crippen LogP contribution in [0.5, 0.6) is 0 Å². The van der Waals surface area contributed by atoms with E-state index in [1.165, 1.54) is 29.2 Å². The molecule has 2 N–H and O–H groups in total. The van der Waals surface area contributed by atoms with Gasteiger partial charge in [-0.25, -0.2) is 13.6 Å². The van der Waals surface area contributed by atoms with Crippen LogP contribution in [0.25, 0.3) is 5.69 Å². The summed E-state index contributed by atoms with van der Waals surface area (Å²) in [5.74, 6) is 0. The van der Waals surface area contributed by atoms with Crippen LogP contribution < -0.4 is 5.14 Å². The summed E-state index contributed by atoms with van der Waals surface area (Å²) < 4.78 is 23.5. The van der Waals surface area contributed by atoms with E-state index in [1.54, 1.807) is 0 Å². The molecule has 9 heteroatoms. The Labute approximate surface area is 95.9 Å². The van der Waals surface area contributed by atoms with Gasteiger partial charge in [0.05, 0.1) is 15.6 Å². The van der Waals surface area contributed by atoms with Crippen molar-refractivity contribution in [3.8, 4) is 5.69 Å². The fraction of sp³-hybridized carbons (Fsp3) is 0. The van der Waals surface area contributed by atoms with E-state index < -0.39 is 10.0 Å². The molecule has 1 heterocycles. The molecule has 84 valence electrons. The molecule has 0 bridgehead atoms. The molecule has 0 aliphatic heterocycles. The first-order valence-electron chi connectivity index (χ1n) is 4.04. The van der Waals surface area contributed by atoms with Crippen LogP contribution >= 0.6 is 11.6 Å². The van der Waals surface area contributed by atoms with E-state index in [1.807, 2.05) is 0 Å². The normalized spacial score (nSPS) is 11.6. The smallest absolute Gasteiger partial charge is 0.225 e. The average Bonchev–Trinajstić information content (AvgIpc) is 2.69. The molecule has 7 nitrogen and oxygen atoms in total. The van der Waals surface area contributed by atoms with Crippen LogP contribution in [0.3, 0.4) is 0 Å². The van der Waals surface area contributed by atoms with Crippen LogP contribution in [-0.4, -0.2) is 28.6 Å². The SMILES string of the molecule is NS(=O)(=O)c1ccc(Cl)c(-n2cnnn2)c1. The zero-order valence-electron chi connectivity index (χ0n) is 7.78. The Bertz CT molecular complexity index is 610. The lowest BCUT2D eigenvalue weighted by Crippen LogP contribution is -2.12. The molecule has 16 heavy (non-hydrogen) atoms. The Hall–Kier alpha value is -1.51. The Morgan fingerprint density at radius 1 is 1.38 bits per heavy atom. The van der Waals surface area contributed by atoms with E-state index in [4.69, 9.17) is 16.7 Å². The lowest BCUT2D eigenvalue weighted by Gasteiger charge is -2.04. The van der Waals surface area contributed by atoms with Crippen molar-refractivity contribution in [3.05, 3.63) is 29.5 Å². The summed E-state index contributed by atoms with van der Waals surface area (Å²) in [6.45, 7) is 0. The summed E-state index contributed by atoms with van der Waals surface area (Å²) in [4.78, 5) is -0.0533. The van der Waals surface area contributed by atoms with Gasteiger partial charge in [0, 0.05) is 0 Å². The number of tetrazole rings is 1. The highest BCUT2D eigenvalue weighted by Gasteiger charge is 2.12. The van der Waals surface area contributed by atoms with Crippen LogP contribution in [0.2, 0.25) is 5.02 Å². The van der Waals surface area contributed by atoms with Crippen molar-refractivity contribution in [1.82, 2.24) is 20.2 Å². The molecule has 0 amide bonds. The van der Waals surface area contributed by atoms with Crippen molar-refractivity contribution in [2.75, 3.05) is 0 Å². The number of benzene rings is 1. The van der Waals surface area contributed by atoms with Gasteiger partial charge in [-0.05, 0) is 28.6 Å². The third-order valence-electron chi connectivity index (χ3n) is 1.84. The van der Waals surface area contributed by atoms with Gasteiger partial charge in [0.25, 0.3) is 0 Å². The molecule has 0 atom stereocenters. The van der Waals surface area contributed by atoms with Crippen molar-refractivity contribution < 1.29 is 8.42 Å². The molecule has 0 aliphatic carbocycles. The number of primary sulfonamides is 1. The van der Waals surface area contributed by atoms with E-state index in [-0.39, 0.29) is 4.90 Å². The maximum absolute atomic E-state index is 11.1. The topological polar surface area (TPSA) is 104 Å². The minimum atomic E-state index is -3.77. The number of nitrogens with zero attached hydrogens (tertiary/aromatic N) is 4. The monoisotopic (exact) mass is 259 g/mol. The van der Waals surface area contributed by atoms with E-state index in [2.05, 4.69) is 15.5 Å². The van der Waals surface area contributed by atoms with E-state index >= 15 is 0 Å². The molecule has 0 radical (unpaired) electrons. The minimum absolute atomic E-state index is 0.0533. The highest BCUT2D eigenvalue weighted by Crippen LogP contribution is 2.22. The zero-order chi connectivity index (χ0) is 11.8. The molecule has 1 aromatic carbocycles. The van der Waals surface area contributed by atoms with Crippen molar-refractivity contribution in [3.63, 3.8) is 0 Å². The van der Waals surface area contributed by atoms with Crippen molar-refractivity contribution >= 4 is 21.6 Å². The summed E-state index contributed by atoms with van der Waals surface area (Å²) in [7, 11) is -3.77. The second kappa shape index (κ2) is 3.81. The summed E-state index contributed by atoms with van der Waals surface area (Å²) in [5, 5.41) is 15.8. The molecule has 0 saturated heterocycles. The predicted molar refractivity (Wildman–Crippen MR) is 55.5 cm³/mol. The minimum Gasteiger partial charge on any atom is -0.225 e. The second-order valence-electron chi connectivity index (χ2n) is 2.91. The first kappa shape index (κ1) is 11.0. The maximum Gasteiger partial charge on any atom is 0.238 e. The van der Waals surface area contributed by atoms with Gasteiger partial charge in [-0.3, -0.25) is 0 Å². The lowest BCUT2D eigenvalue weighted by molar-refractivity contribution is 0.597. The van der Waals surface area contributed by atoms with Gasteiger partial charge >= 0.3 is 0 Å². The Kier molecular flexibility index (Phi) is 2.62. The molecule has 0 fully saturated rings. The average molecular weight is 260 g/mol. The quantitative estimate of drug-likeness (QED) is 0.815. The number of rotatable bonds is 2. The van der Waals surface area contributed by atoms with E-state index in [0.29, 0.717) is 10.7 Å². The highest BCUT2D eigenvalue weighted by molar-refractivity contribution is 7.89. The molecular formula is C7H6ClN5O2S. The van der Waals surface area contributed by atoms with Gasteiger partial charge in [0.2, 0.25) is 10.0 Å². The Balaban J connectivity index is 2.63. The molecule has 0 unspecified atom stereocenters. The largest absolute Gasteiger partial charge is 0.238 e. The van der Waals surface area contributed by atoms with E-state index in [9.17, 15) is 8.42 Å². The molecule has 2 rings (SSSR count). The first-order chi connectivity index (χ1) is 7.48. The first-order valence-corrected chi connectivity index (χ1v) is 5.96. The van der Waals surface area contributed by atoms with Gasteiger partial charge in [0.15, 0.2) is 0 Å². The van der Waals surface area contributed by atoms with E-state index in [0.717, 1.165) is 0 Å². The number of hydrogen-bond acceptors (Lipinski definition) is 5. The molecule has 0 spiro atoms. The van der Waals surface area contributed by atoms with Crippen LogP contribution in [0, 0.1) is 0 Å². The predicted octanol–water partition coefficient (Wildman–Crippen LogP) is -0.0369. The third kappa shape index (κ3) is 2.03. The maximum atomic E-state index is 11.1. The van der Waals surface area contributed by atoms with Crippen LogP contribution in [-0.2, 0) is 10.0 Å². The van der Waals surface area contributed by atoms with Crippen molar-refractivity contribution in [2.24, 2.45) is 5.14 Å². The fourth-order valence-corrected chi connectivity index (χ4v) is 1.85. The van der Waals surface area contributed by atoms with Crippen LogP contribution in [0.15, 0.2) is 29.4 Å². The number of aromatic nitrogens is 4. The van der Waals surface area contributed by atoms with Gasteiger partial charge in [0.1, 0.15) is 6.33 Å². The number of nitrogens with two attached hydrogens (primary N) is 1. The molecule has 1 aromatic heterocycles. The molecule has 0 saturated carbocycles. The van der Waals surface area contributed by atoms with Gasteiger partial charge in [-0.15, -0.1) is 5.10 Å². The zero-order valence-corrected chi connectivity index (χ0v) is 9.35. The molecule has 2 aromatic rings. The second-order valence-corrected chi connectivity index (χ2v) is 4.88. The van der Waals surface area contributed by atoms with Gasteiger partial charge < -0.3 is 0 Å². The fourth-order valence-electron chi connectivity index (χ4n) is 1.12. The molecular weight excluding hydrogens is 254 g/mol. The lowest BCUT2D eigenvalue weighted by atomic mass is 10.3. The van der Waals surface area contributed by atoms with Crippen LogP contribution in [0.4, 0.5) is 0 Å². The number of hydrogen-bond donors (Lipinski definition) is 1. The van der Waals surface area contributed by atoms with Gasteiger partial charge in [-0.2, -0.15) is 4.68 Å².